The average Bonchev–Trinajstić information content (AvgIpc) is 2.89. The molecule has 7 heteroatoms. The Morgan fingerprint density at radius 2 is 2.05 bits per heavy atom. The molecule has 0 saturated carbocycles. The maximum absolute atomic E-state index is 12.0. The van der Waals surface area contributed by atoms with Gasteiger partial charge in [-0.05, 0) is 23.8 Å². The Labute approximate surface area is 127 Å². The van der Waals surface area contributed by atoms with Gasteiger partial charge in [0.15, 0.2) is 0 Å². The number of hydrogen-bond acceptors (Lipinski definition) is 4. The standard InChI is InChI=1S/C14H20N2O4S/c1-9(2)7-10(14(19)20)15-12(17)8-16(3)13(18)11-5-4-6-21-11/h4-6,9-10H,7-8H2,1-3H3,(H,15,17)(H,19,20). The summed E-state index contributed by atoms with van der Waals surface area (Å²) in [6.07, 6.45) is 0.351. The van der Waals surface area contributed by atoms with Crippen LogP contribution >= 0.6 is 11.3 Å². The van der Waals surface area contributed by atoms with E-state index in [1.165, 1.54) is 23.3 Å². The minimum absolute atomic E-state index is 0.150. The molecular formula is C14H20N2O4S. The fraction of sp³-hybridized carbons (Fsp3) is 0.500. The van der Waals surface area contributed by atoms with Crippen LogP contribution in [0.4, 0.5) is 0 Å². The number of nitrogens with zero attached hydrogens (tertiary/aromatic N) is 1. The van der Waals surface area contributed by atoms with E-state index in [0.29, 0.717) is 11.3 Å². The highest BCUT2D eigenvalue weighted by Gasteiger charge is 2.23. The SMILES string of the molecule is CC(C)CC(NC(=O)CN(C)C(=O)c1cccs1)C(=O)O. The fourth-order valence-corrected chi connectivity index (χ4v) is 2.53. The largest absolute Gasteiger partial charge is 0.480 e. The Hall–Kier alpha value is -1.89. The van der Waals surface area contributed by atoms with E-state index in [0.717, 1.165) is 0 Å². The molecule has 0 fully saturated rings. The molecule has 0 aromatic carbocycles. The number of carboxylic acid groups (broad SMARTS) is 1. The molecule has 0 radical (unpaired) electrons. The summed E-state index contributed by atoms with van der Waals surface area (Å²) < 4.78 is 0. The van der Waals surface area contributed by atoms with Gasteiger partial charge in [0.05, 0.1) is 11.4 Å². The summed E-state index contributed by atoms with van der Waals surface area (Å²) in [5.74, 6) is -1.65. The van der Waals surface area contributed by atoms with Crippen molar-refractivity contribution >= 4 is 29.1 Å². The van der Waals surface area contributed by atoms with Gasteiger partial charge in [-0.2, -0.15) is 0 Å². The van der Waals surface area contributed by atoms with Crippen molar-refractivity contribution in [3.63, 3.8) is 0 Å². The second kappa shape index (κ2) is 7.78. The van der Waals surface area contributed by atoms with Crippen molar-refractivity contribution in [1.82, 2.24) is 10.2 Å². The lowest BCUT2D eigenvalue weighted by Gasteiger charge is -2.20. The maximum atomic E-state index is 12.0. The molecule has 116 valence electrons. The van der Waals surface area contributed by atoms with Crippen molar-refractivity contribution in [2.45, 2.75) is 26.3 Å². The number of hydrogen-bond donors (Lipinski definition) is 2. The zero-order chi connectivity index (χ0) is 16.0. The van der Waals surface area contributed by atoms with E-state index in [1.54, 1.807) is 17.5 Å². The maximum Gasteiger partial charge on any atom is 0.326 e. The van der Waals surface area contributed by atoms with Crippen molar-refractivity contribution in [3.8, 4) is 0 Å². The predicted molar refractivity (Wildman–Crippen MR) is 80.3 cm³/mol. The van der Waals surface area contributed by atoms with Gasteiger partial charge in [0.2, 0.25) is 5.91 Å². The van der Waals surface area contributed by atoms with E-state index in [4.69, 9.17) is 5.11 Å². The number of carboxylic acids is 1. The third kappa shape index (κ3) is 5.55. The van der Waals surface area contributed by atoms with Gasteiger partial charge in [0.25, 0.3) is 5.91 Å². The van der Waals surface area contributed by atoms with Crippen molar-refractivity contribution in [1.29, 1.82) is 0 Å². The van der Waals surface area contributed by atoms with Gasteiger partial charge in [-0.15, -0.1) is 11.3 Å². The van der Waals surface area contributed by atoms with Crippen molar-refractivity contribution in [2.75, 3.05) is 13.6 Å². The van der Waals surface area contributed by atoms with E-state index < -0.39 is 17.9 Å². The Bertz CT molecular complexity index is 499. The van der Waals surface area contributed by atoms with Crippen LogP contribution in [0.25, 0.3) is 0 Å². The van der Waals surface area contributed by atoms with E-state index in [2.05, 4.69) is 5.32 Å². The Balaban J connectivity index is 2.55. The van der Waals surface area contributed by atoms with Crippen LogP contribution in [-0.4, -0.2) is 47.4 Å². The summed E-state index contributed by atoms with van der Waals surface area (Å²) >= 11 is 1.30. The molecule has 21 heavy (non-hydrogen) atoms. The minimum atomic E-state index is -1.07. The second-order valence-electron chi connectivity index (χ2n) is 5.23. The summed E-state index contributed by atoms with van der Waals surface area (Å²) in [4.78, 5) is 36.7. The molecule has 1 atom stereocenters. The number of nitrogens with one attached hydrogen (secondary N) is 1. The smallest absolute Gasteiger partial charge is 0.326 e. The first kappa shape index (κ1) is 17.2. The normalized spacial score (nSPS) is 12.0. The van der Waals surface area contributed by atoms with Crippen LogP contribution in [-0.2, 0) is 9.59 Å². The summed E-state index contributed by atoms with van der Waals surface area (Å²) in [6, 6.07) is 2.51. The first-order valence-corrected chi connectivity index (χ1v) is 7.50. The third-order valence-electron chi connectivity index (χ3n) is 2.80. The third-order valence-corrected chi connectivity index (χ3v) is 3.66. The summed E-state index contributed by atoms with van der Waals surface area (Å²) in [7, 11) is 1.51. The molecule has 1 aromatic rings. The molecule has 0 spiro atoms. The monoisotopic (exact) mass is 312 g/mol. The van der Waals surface area contributed by atoms with Crippen LogP contribution in [0.1, 0.15) is 29.9 Å². The van der Waals surface area contributed by atoms with Gasteiger partial charge in [0.1, 0.15) is 6.04 Å². The molecule has 1 rings (SSSR count). The van der Waals surface area contributed by atoms with E-state index in [-0.39, 0.29) is 18.4 Å². The Morgan fingerprint density at radius 3 is 2.52 bits per heavy atom. The molecule has 0 aliphatic carbocycles. The van der Waals surface area contributed by atoms with Gasteiger partial charge in [0, 0.05) is 7.05 Å². The van der Waals surface area contributed by atoms with E-state index in [9.17, 15) is 14.4 Å². The first-order valence-electron chi connectivity index (χ1n) is 6.62. The molecule has 0 aliphatic heterocycles. The molecule has 6 nitrogen and oxygen atoms in total. The predicted octanol–water partition coefficient (Wildman–Crippen LogP) is 1.44. The van der Waals surface area contributed by atoms with Gasteiger partial charge in [-0.3, -0.25) is 9.59 Å². The van der Waals surface area contributed by atoms with Crippen LogP contribution in [0, 0.1) is 5.92 Å². The summed E-state index contributed by atoms with van der Waals surface area (Å²) in [6.45, 7) is 3.60. The molecular weight excluding hydrogens is 292 g/mol. The quantitative estimate of drug-likeness (QED) is 0.797. The van der Waals surface area contributed by atoms with Gasteiger partial charge >= 0.3 is 5.97 Å². The van der Waals surface area contributed by atoms with Gasteiger partial charge in [-0.1, -0.05) is 19.9 Å². The summed E-state index contributed by atoms with van der Waals surface area (Å²) in [5, 5.41) is 13.3. The highest BCUT2D eigenvalue weighted by Crippen LogP contribution is 2.11. The van der Waals surface area contributed by atoms with Crippen molar-refractivity contribution < 1.29 is 19.5 Å². The molecule has 2 N–H and O–H groups in total. The number of carbonyl (C=O) groups excluding carboxylic acids is 2. The van der Waals surface area contributed by atoms with E-state index >= 15 is 0 Å². The van der Waals surface area contributed by atoms with Crippen LogP contribution in [0.3, 0.4) is 0 Å². The van der Waals surface area contributed by atoms with Gasteiger partial charge in [-0.25, -0.2) is 4.79 Å². The number of aliphatic carboxylic acids is 1. The number of amides is 2. The zero-order valence-electron chi connectivity index (χ0n) is 12.3. The molecule has 2 amide bonds. The number of carbonyl (C=O) groups is 3. The van der Waals surface area contributed by atoms with Crippen LogP contribution in [0.15, 0.2) is 17.5 Å². The number of thiophene rings is 1. The molecule has 0 saturated heterocycles. The number of likely N-dealkylation sites (N-methyl/N-ethyl adjacent to an activating group) is 1. The lowest BCUT2D eigenvalue weighted by molar-refractivity contribution is -0.142. The first-order chi connectivity index (χ1) is 9.81. The van der Waals surface area contributed by atoms with Crippen molar-refractivity contribution in [2.24, 2.45) is 5.92 Å². The molecule has 1 aromatic heterocycles. The molecule has 1 unspecified atom stereocenters. The summed E-state index contributed by atoms with van der Waals surface area (Å²) in [5.41, 5.74) is 0. The molecule has 0 bridgehead atoms. The highest BCUT2D eigenvalue weighted by molar-refractivity contribution is 7.12. The van der Waals surface area contributed by atoms with Gasteiger partial charge < -0.3 is 15.3 Å². The topological polar surface area (TPSA) is 86.7 Å². The van der Waals surface area contributed by atoms with Crippen LogP contribution < -0.4 is 5.32 Å². The molecule has 0 aliphatic rings. The lowest BCUT2D eigenvalue weighted by atomic mass is 10.0. The minimum Gasteiger partial charge on any atom is -0.480 e. The number of rotatable bonds is 7. The van der Waals surface area contributed by atoms with Crippen molar-refractivity contribution in [3.05, 3.63) is 22.4 Å². The second-order valence-corrected chi connectivity index (χ2v) is 6.17. The Morgan fingerprint density at radius 1 is 1.38 bits per heavy atom. The van der Waals surface area contributed by atoms with Crippen LogP contribution in [0.2, 0.25) is 0 Å². The van der Waals surface area contributed by atoms with E-state index in [1.807, 2.05) is 13.8 Å². The zero-order valence-corrected chi connectivity index (χ0v) is 13.1. The average molecular weight is 312 g/mol. The highest BCUT2D eigenvalue weighted by atomic mass is 32.1. The Kier molecular flexibility index (Phi) is 6.36. The fourth-order valence-electron chi connectivity index (χ4n) is 1.81. The lowest BCUT2D eigenvalue weighted by Crippen LogP contribution is -2.46. The molecule has 1 heterocycles. The van der Waals surface area contributed by atoms with Crippen LogP contribution in [0.5, 0.6) is 0 Å².